The van der Waals surface area contributed by atoms with Gasteiger partial charge in [0.25, 0.3) is 0 Å². The molecule has 2 heterocycles. The molecule has 0 unspecified atom stereocenters. The number of benzene rings is 9. The predicted molar refractivity (Wildman–Crippen MR) is 232 cm³/mol. The van der Waals surface area contributed by atoms with E-state index >= 15 is 0 Å². The molecule has 0 aliphatic carbocycles. The maximum absolute atomic E-state index is 9.58. The first-order valence-corrected chi connectivity index (χ1v) is 18.9. The van der Waals surface area contributed by atoms with Gasteiger partial charge in [0.2, 0.25) is 0 Å². The number of aromatic nitrogens is 3. The molecule has 0 saturated heterocycles. The average Bonchev–Trinajstić information content (AvgIpc) is 3.67. The third-order valence-electron chi connectivity index (χ3n) is 10.9. The van der Waals surface area contributed by atoms with E-state index in [1.807, 2.05) is 66.7 Å². The number of hydrogen-bond donors (Lipinski definition) is 0. The number of furan rings is 1. The van der Waals surface area contributed by atoms with Gasteiger partial charge in [-0.3, -0.25) is 0 Å². The van der Waals surface area contributed by atoms with Crippen LogP contribution in [0.5, 0.6) is 0 Å². The number of hydrogen-bond acceptors (Lipinski definition) is 5. The molecule has 57 heavy (non-hydrogen) atoms. The van der Waals surface area contributed by atoms with Crippen LogP contribution in [0.3, 0.4) is 0 Å². The van der Waals surface area contributed by atoms with Gasteiger partial charge in [0.05, 0.1) is 11.6 Å². The monoisotopic (exact) mass is 726 g/mol. The van der Waals surface area contributed by atoms with E-state index in [1.54, 1.807) is 0 Å². The van der Waals surface area contributed by atoms with Crippen molar-refractivity contribution < 1.29 is 4.42 Å². The van der Waals surface area contributed by atoms with E-state index in [1.165, 1.54) is 26.9 Å². The van der Waals surface area contributed by atoms with Gasteiger partial charge in [0, 0.05) is 27.5 Å². The summed E-state index contributed by atoms with van der Waals surface area (Å²) in [5.74, 6) is 1.66. The Bertz CT molecular complexity index is 3400. The molecule has 0 N–H and O–H groups in total. The Kier molecular flexibility index (Phi) is 7.48. The summed E-state index contributed by atoms with van der Waals surface area (Å²) in [4.78, 5) is 15.5. The SMILES string of the molecule is N#Cc1cccc(-c2cccc(-c3nc(-c4ccc5c(c4)oc4cccc(-c6ccccc6)c45)nc(-c4ccc5c6ccccc6c6ccccc6c5c4)n3)c2)c1. The zero-order valence-corrected chi connectivity index (χ0v) is 30.5. The molecule has 9 aromatic carbocycles. The van der Waals surface area contributed by atoms with E-state index in [2.05, 4.69) is 121 Å². The third kappa shape index (κ3) is 5.51. The minimum absolute atomic E-state index is 0.543. The van der Waals surface area contributed by atoms with Crippen molar-refractivity contribution in [2.45, 2.75) is 0 Å². The molecule has 5 nitrogen and oxygen atoms in total. The summed E-state index contributed by atoms with van der Waals surface area (Å²) in [6.07, 6.45) is 0. The smallest absolute Gasteiger partial charge is 0.164 e. The van der Waals surface area contributed by atoms with E-state index in [4.69, 9.17) is 19.4 Å². The molecule has 0 aliphatic heterocycles. The first kappa shape index (κ1) is 32.5. The Balaban J connectivity index is 1.12. The molecular formula is C52H30N4O. The minimum Gasteiger partial charge on any atom is -0.456 e. The summed E-state index contributed by atoms with van der Waals surface area (Å²) >= 11 is 0. The van der Waals surface area contributed by atoms with Crippen LogP contribution >= 0.6 is 0 Å². The third-order valence-corrected chi connectivity index (χ3v) is 10.9. The topological polar surface area (TPSA) is 75.6 Å². The molecule has 0 aliphatic rings. The van der Waals surface area contributed by atoms with Gasteiger partial charge in [-0.1, -0.05) is 140 Å². The maximum Gasteiger partial charge on any atom is 0.164 e. The lowest BCUT2D eigenvalue weighted by Crippen LogP contribution is -2.00. The van der Waals surface area contributed by atoms with E-state index in [0.717, 1.165) is 66.3 Å². The van der Waals surface area contributed by atoms with Gasteiger partial charge < -0.3 is 4.42 Å². The lowest BCUT2D eigenvalue weighted by atomic mass is 9.93. The Morgan fingerprint density at radius 2 is 0.860 bits per heavy atom. The Hall–Kier alpha value is -7.94. The van der Waals surface area contributed by atoms with Gasteiger partial charge in [-0.25, -0.2) is 15.0 Å². The molecule has 0 atom stereocenters. The van der Waals surface area contributed by atoms with Crippen LogP contribution in [0.1, 0.15) is 5.56 Å². The second-order valence-electron chi connectivity index (χ2n) is 14.3. The van der Waals surface area contributed by atoms with Crippen molar-refractivity contribution in [3.8, 4) is 62.5 Å². The second kappa shape index (κ2) is 13.1. The number of rotatable bonds is 5. The van der Waals surface area contributed by atoms with Crippen molar-refractivity contribution >= 4 is 54.3 Å². The van der Waals surface area contributed by atoms with Crippen LogP contribution in [0.4, 0.5) is 0 Å². The minimum atomic E-state index is 0.543. The van der Waals surface area contributed by atoms with Gasteiger partial charge in [0.15, 0.2) is 17.5 Å². The second-order valence-corrected chi connectivity index (χ2v) is 14.3. The lowest BCUT2D eigenvalue weighted by molar-refractivity contribution is 0.669. The van der Waals surface area contributed by atoms with Crippen molar-refractivity contribution in [1.29, 1.82) is 5.26 Å². The largest absolute Gasteiger partial charge is 0.456 e. The van der Waals surface area contributed by atoms with E-state index in [-0.39, 0.29) is 0 Å². The first-order chi connectivity index (χ1) is 28.2. The van der Waals surface area contributed by atoms with Crippen molar-refractivity contribution in [2.24, 2.45) is 0 Å². The molecule has 0 fully saturated rings. The fourth-order valence-corrected chi connectivity index (χ4v) is 8.24. The van der Waals surface area contributed by atoms with Crippen LogP contribution in [0.15, 0.2) is 186 Å². The molecule has 11 rings (SSSR count). The normalized spacial score (nSPS) is 11.5. The molecule has 0 bridgehead atoms. The quantitative estimate of drug-likeness (QED) is 0.165. The molecule has 0 amide bonds. The molecule has 0 spiro atoms. The fourth-order valence-electron chi connectivity index (χ4n) is 8.24. The summed E-state index contributed by atoms with van der Waals surface area (Å²) in [6, 6.07) is 64.6. The van der Waals surface area contributed by atoms with Gasteiger partial charge in [-0.05, 0) is 97.0 Å². The van der Waals surface area contributed by atoms with Crippen LogP contribution in [0, 0.1) is 11.3 Å². The van der Waals surface area contributed by atoms with Crippen LogP contribution in [0.2, 0.25) is 0 Å². The van der Waals surface area contributed by atoms with Gasteiger partial charge >= 0.3 is 0 Å². The summed E-state index contributed by atoms with van der Waals surface area (Å²) in [5.41, 5.74) is 8.93. The summed E-state index contributed by atoms with van der Waals surface area (Å²) in [6.45, 7) is 0. The van der Waals surface area contributed by atoms with Crippen molar-refractivity contribution in [2.75, 3.05) is 0 Å². The summed E-state index contributed by atoms with van der Waals surface area (Å²) < 4.78 is 6.52. The number of nitriles is 1. The highest BCUT2D eigenvalue weighted by Crippen LogP contribution is 2.40. The predicted octanol–water partition coefficient (Wildman–Crippen LogP) is 13.4. The molecule has 2 aromatic heterocycles. The van der Waals surface area contributed by atoms with E-state index < -0.39 is 0 Å². The van der Waals surface area contributed by atoms with Crippen LogP contribution in [-0.4, -0.2) is 15.0 Å². The maximum atomic E-state index is 9.58. The average molecular weight is 727 g/mol. The molecule has 0 radical (unpaired) electrons. The van der Waals surface area contributed by atoms with Crippen molar-refractivity contribution in [3.05, 3.63) is 188 Å². The lowest BCUT2D eigenvalue weighted by Gasteiger charge is -2.13. The Morgan fingerprint density at radius 1 is 0.351 bits per heavy atom. The van der Waals surface area contributed by atoms with Gasteiger partial charge in [-0.15, -0.1) is 0 Å². The van der Waals surface area contributed by atoms with Crippen molar-refractivity contribution in [3.63, 3.8) is 0 Å². The van der Waals surface area contributed by atoms with Gasteiger partial charge in [-0.2, -0.15) is 5.26 Å². The zero-order chi connectivity index (χ0) is 37.9. The summed E-state index contributed by atoms with van der Waals surface area (Å²) in [5, 5.41) is 18.8. The molecule has 5 heteroatoms. The van der Waals surface area contributed by atoms with Crippen LogP contribution < -0.4 is 0 Å². The van der Waals surface area contributed by atoms with Crippen LogP contribution in [0.25, 0.3) is 111 Å². The summed E-state index contributed by atoms with van der Waals surface area (Å²) in [7, 11) is 0. The van der Waals surface area contributed by atoms with E-state index in [9.17, 15) is 5.26 Å². The highest BCUT2D eigenvalue weighted by Gasteiger charge is 2.18. The fraction of sp³-hybridized carbons (Fsp3) is 0. The first-order valence-electron chi connectivity index (χ1n) is 18.9. The van der Waals surface area contributed by atoms with Gasteiger partial charge in [0.1, 0.15) is 11.2 Å². The molecule has 11 aromatic rings. The molecule has 0 saturated carbocycles. The van der Waals surface area contributed by atoms with Crippen molar-refractivity contribution in [1.82, 2.24) is 15.0 Å². The zero-order valence-electron chi connectivity index (χ0n) is 30.5. The number of nitrogens with zero attached hydrogens (tertiary/aromatic N) is 4. The van der Waals surface area contributed by atoms with E-state index in [0.29, 0.717) is 23.0 Å². The Morgan fingerprint density at radius 3 is 1.54 bits per heavy atom. The highest BCUT2D eigenvalue weighted by molar-refractivity contribution is 6.25. The molecular weight excluding hydrogens is 697 g/mol. The standard InChI is InChI=1S/C52H30N4O/c53-31-32-11-8-14-34(27-32)35-15-9-16-36(28-35)50-54-51(37-23-25-44-42-19-5-4-17-40(42)41-18-6-7-20-43(41)46(44)29-37)56-52(55-50)38-24-26-45-48(30-38)57-47-22-10-21-39(49(45)47)33-12-2-1-3-13-33/h1-30H. The number of fused-ring (bicyclic) bond motifs is 9. The highest BCUT2D eigenvalue weighted by atomic mass is 16.3. The molecule has 264 valence electrons. The van der Waals surface area contributed by atoms with Crippen LogP contribution in [-0.2, 0) is 0 Å². The Labute approximate surface area is 327 Å².